The highest BCUT2D eigenvalue weighted by molar-refractivity contribution is 6.08. The van der Waals surface area contributed by atoms with Crippen molar-refractivity contribution in [1.82, 2.24) is 0 Å². The predicted molar refractivity (Wildman–Crippen MR) is 83.7 cm³/mol. The van der Waals surface area contributed by atoms with Crippen molar-refractivity contribution in [2.75, 3.05) is 0 Å². The summed E-state index contributed by atoms with van der Waals surface area (Å²) in [7, 11) is 0. The molecule has 0 atom stereocenters. The summed E-state index contributed by atoms with van der Waals surface area (Å²) in [4.78, 5) is 0. The fourth-order valence-electron chi connectivity index (χ4n) is 2.12. The van der Waals surface area contributed by atoms with E-state index in [4.69, 9.17) is 0 Å². The largest absolute Gasteiger partial charge is 0.211 e. The molecule has 0 N–H and O–H groups in total. The molecule has 0 saturated heterocycles. The second-order valence-corrected chi connectivity index (χ2v) is 5.83. The highest BCUT2D eigenvalue weighted by atomic mass is 27.0. The van der Waals surface area contributed by atoms with E-state index in [-0.39, 0.29) is 0 Å². The summed E-state index contributed by atoms with van der Waals surface area (Å²) in [6, 6.07) is 17.1. The van der Waals surface area contributed by atoms with Gasteiger partial charge in [0.2, 0.25) is 16.3 Å². The van der Waals surface area contributed by atoms with Gasteiger partial charge in [-0.15, -0.1) is 5.28 Å². The van der Waals surface area contributed by atoms with E-state index in [1.54, 1.807) is 0 Å². The van der Waals surface area contributed by atoms with E-state index in [0.29, 0.717) is 0 Å². The second kappa shape index (κ2) is 6.78. The predicted octanol–water partition coefficient (Wildman–Crippen LogP) is 4.56. The molecule has 92 valence electrons. The van der Waals surface area contributed by atoms with E-state index in [2.05, 4.69) is 55.5 Å². The van der Waals surface area contributed by atoms with Crippen LogP contribution in [0.15, 0.2) is 48.5 Å². The third kappa shape index (κ3) is 3.48. The van der Waals surface area contributed by atoms with E-state index in [1.165, 1.54) is 63.1 Å². The van der Waals surface area contributed by atoms with Gasteiger partial charge in [0.25, 0.3) is 0 Å². The number of fused-ring (bicyclic) bond motifs is 1. The number of hydrogen-bond donors (Lipinski definition) is 0. The van der Waals surface area contributed by atoms with Crippen molar-refractivity contribution in [2.45, 2.75) is 31.5 Å². The maximum Gasteiger partial charge on any atom is 0.211 e. The highest BCUT2D eigenvalue weighted by Crippen LogP contribution is 2.43. The minimum absolute atomic E-state index is 1.33. The average molecular weight is 252 g/mol. The molecule has 0 radical (unpaired) electrons. The van der Waals surface area contributed by atoms with E-state index in [0.717, 1.165) is 0 Å². The molecule has 0 amide bonds. The van der Waals surface area contributed by atoms with E-state index in [9.17, 15) is 0 Å². The monoisotopic (exact) mass is 252 g/mol. The maximum atomic E-state index is 2.25. The number of unbranched alkanes of at least 4 members (excludes halogenated alkanes) is 2. The third-order valence-corrected chi connectivity index (χ3v) is 4.00. The fraction of sp³-hybridized carbons (Fsp3) is 0.294. The smallest absolute Gasteiger partial charge is 0.101 e. The van der Waals surface area contributed by atoms with Crippen molar-refractivity contribution in [3.05, 3.63) is 48.5 Å². The molecule has 0 nitrogen and oxygen atoms in total. The van der Waals surface area contributed by atoms with Crippen LogP contribution in [-0.2, 0) is 0 Å². The lowest BCUT2D eigenvalue weighted by molar-refractivity contribution is 0.771. The first-order valence-corrected chi connectivity index (χ1v) is 8.48. The minimum atomic E-state index is 1.33. The Morgan fingerprint density at radius 2 is 1.61 bits per heavy atom. The average Bonchev–Trinajstić information content (AvgIpc) is 3.09. The van der Waals surface area contributed by atoms with Crippen LogP contribution >= 0.6 is 0 Å². The van der Waals surface area contributed by atoms with Gasteiger partial charge >= 0.3 is 0 Å². The van der Waals surface area contributed by atoms with Crippen LogP contribution in [0.2, 0.25) is 5.28 Å². The zero-order chi connectivity index (χ0) is 12.8. The third-order valence-electron chi connectivity index (χ3n) is 3.29. The topological polar surface area (TPSA) is 0 Å². The molecule has 2 aliphatic carbocycles. The van der Waals surface area contributed by atoms with Crippen molar-refractivity contribution in [3.8, 4) is 22.3 Å². The summed E-state index contributed by atoms with van der Waals surface area (Å²) in [6.07, 6.45) is 4.30. The lowest BCUT2D eigenvalue weighted by Gasteiger charge is -1.95. The second-order valence-electron chi connectivity index (χ2n) is 4.83. The molecule has 0 bridgehead atoms. The summed E-state index contributed by atoms with van der Waals surface area (Å²) >= 11 is 1.40. The van der Waals surface area contributed by atoms with Gasteiger partial charge in [0.15, 0.2) is 0 Å². The number of rotatable bonds is 4. The summed E-state index contributed by atoms with van der Waals surface area (Å²) in [5.74, 6) is 0. The van der Waals surface area contributed by atoms with Crippen LogP contribution in [0.4, 0.5) is 0 Å². The van der Waals surface area contributed by atoms with Gasteiger partial charge in [0, 0.05) is 0 Å². The van der Waals surface area contributed by atoms with Crippen LogP contribution in [0.1, 0.15) is 26.2 Å². The molecule has 1 aromatic rings. The summed E-state index contributed by atoms with van der Waals surface area (Å²) < 4.78 is 0. The maximum absolute atomic E-state index is 2.25. The first-order valence-electron chi connectivity index (χ1n) is 7.06. The quantitative estimate of drug-likeness (QED) is 0.471. The molecule has 1 heteroatoms. The Labute approximate surface area is 118 Å². The van der Waals surface area contributed by atoms with Crippen LogP contribution in [0.25, 0.3) is 22.3 Å². The van der Waals surface area contributed by atoms with Gasteiger partial charge in [-0.25, -0.2) is 0 Å². The minimum Gasteiger partial charge on any atom is -0.101 e. The molecule has 0 spiro atoms. The van der Waals surface area contributed by atoms with Gasteiger partial charge in [-0.05, 0) is 28.3 Å². The van der Waals surface area contributed by atoms with Gasteiger partial charge in [0.05, 0.1) is 0 Å². The molecular formula is C17H21Al. The molecule has 18 heavy (non-hydrogen) atoms. The summed E-state index contributed by atoms with van der Waals surface area (Å²) in [5, 5.41) is 1.49. The molecular weight excluding hydrogens is 231 g/mol. The van der Waals surface area contributed by atoms with Crippen LogP contribution in [0.5, 0.6) is 0 Å². The zero-order valence-electron chi connectivity index (χ0n) is 11.4. The molecule has 2 aliphatic rings. The Morgan fingerprint density at radius 1 is 0.833 bits per heavy atom. The molecule has 3 rings (SSSR count). The Morgan fingerprint density at radius 3 is 2.06 bits per heavy atom. The van der Waals surface area contributed by atoms with Gasteiger partial charge < -0.3 is 0 Å². The van der Waals surface area contributed by atoms with E-state index in [1.807, 2.05) is 0 Å². The molecule has 0 fully saturated rings. The lowest BCUT2D eigenvalue weighted by atomic mass is 10.1. The Hall–Kier alpha value is -1.03. The van der Waals surface area contributed by atoms with Gasteiger partial charge in [0.1, 0.15) is 0 Å². The van der Waals surface area contributed by atoms with Crippen molar-refractivity contribution in [3.63, 3.8) is 0 Å². The SMILES string of the molecule is CCCC[CH2][AlH2].c1ccc(-c2ccc3cc2-3)cc1. The van der Waals surface area contributed by atoms with Gasteiger partial charge in [-0.3, -0.25) is 0 Å². The molecule has 1 aromatic carbocycles. The summed E-state index contributed by atoms with van der Waals surface area (Å²) in [5.41, 5.74) is 5.55. The number of hydrogen-bond acceptors (Lipinski definition) is 0. The highest BCUT2D eigenvalue weighted by Gasteiger charge is 2.17. The number of benzene rings is 2. The summed E-state index contributed by atoms with van der Waals surface area (Å²) in [6.45, 7) is 2.25. The molecule has 0 aromatic heterocycles. The normalized spacial score (nSPS) is 10.5. The van der Waals surface area contributed by atoms with E-state index < -0.39 is 0 Å². The Balaban J connectivity index is 0.000000174. The van der Waals surface area contributed by atoms with Crippen molar-refractivity contribution in [2.24, 2.45) is 0 Å². The Kier molecular flexibility index (Phi) is 5.05. The molecule has 0 aliphatic heterocycles. The first-order chi connectivity index (χ1) is 8.86. The van der Waals surface area contributed by atoms with Crippen molar-refractivity contribution in [1.29, 1.82) is 0 Å². The lowest BCUT2D eigenvalue weighted by Crippen LogP contribution is -1.70. The van der Waals surface area contributed by atoms with Crippen LogP contribution < -0.4 is 0 Å². The van der Waals surface area contributed by atoms with Crippen molar-refractivity contribution < 1.29 is 0 Å². The fourth-order valence-corrected chi connectivity index (χ4v) is 2.62. The van der Waals surface area contributed by atoms with Crippen LogP contribution in [0.3, 0.4) is 0 Å². The standard InChI is InChI=1S/C12H8.C5H11.Al.2H/c1-2-4-9(5-3-1)11-7-6-10-8-12(10)11;1-3-5-4-2;;;/h1-8H;1,3-5H2,2H3;;;. The molecule has 0 unspecified atom stereocenters. The van der Waals surface area contributed by atoms with E-state index >= 15 is 0 Å². The van der Waals surface area contributed by atoms with Crippen molar-refractivity contribution >= 4 is 16.3 Å². The first kappa shape index (κ1) is 13.4. The van der Waals surface area contributed by atoms with Gasteiger partial charge in [-0.2, -0.15) is 0 Å². The van der Waals surface area contributed by atoms with Crippen LogP contribution in [-0.4, -0.2) is 16.3 Å². The molecule has 0 saturated carbocycles. The Bertz CT molecular complexity index is 484. The van der Waals surface area contributed by atoms with Crippen LogP contribution in [0, 0.1) is 0 Å². The zero-order valence-corrected chi connectivity index (χ0v) is 13.4. The molecule has 0 heterocycles. The van der Waals surface area contributed by atoms with Gasteiger partial charge in [-0.1, -0.05) is 68.7 Å².